The van der Waals surface area contributed by atoms with Crippen molar-refractivity contribution in [3.8, 4) is 0 Å². The van der Waals surface area contributed by atoms with E-state index in [-0.39, 0.29) is 24.3 Å². The maximum atomic E-state index is 12.4. The maximum Gasteiger partial charge on any atom is 0.220 e. The molecule has 0 aromatic rings. The third kappa shape index (κ3) is 6.13. The van der Waals surface area contributed by atoms with Gasteiger partial charge in [0.2, 0.25) is 11.8 Å². The van der Waals surface area contributed by atoms with E-state index < -0.39 is 0 Å². The number of piperidine rings is 1. The largest absolute Gasteiger partial charge is 0.370 e. The number of primary amides is 1. The van der Waals surface area contributed by atoms with Gasteiger partial charge in [-0.1, -0.05) is 26.2 Å². The van der Waals surface area contributed by atoms with Crippen LogP contribution in [0.4, 0.5) is 0 Å². The molecule has 23 heavy (non-hydrogen) atoms. The molecule has 0 bridgehead atoms. The Hall–Kier alpha value is -1.10. The average molecular weight is 323 g/mol. The summed E-state index contributed by atoms with van der Waals surface area (Å²) in [5.41, 5.74) is 5.40. The van der Waals surface area contributed by atoms with E-state index in [2.05, 4.69) is 17.6 Å². The molecule has 1 aliphatic heterocycles. The Morgan fingerprint density at radius 3 is 2.39 bits per heavy atom. The van der Waals surface area contributed by atoms with E-state index in [1.165, 1.54) is 32.1 Å². The molecule has 3 atom stereocenters. The SMILES string of the molecule is CC(CC(=O)NC(CC(N)=O)C1CCCCC1)C1CCCNC1. The van der Waals surface area contributed by atoms with Gasteiger partial charge in [0, 0.05) is 18.9 Å². The molecule has 4 N–H and O–H groups in total. The van der Waals surface area contributed by atoms with Gasteiger partial charge in [-0.3, -0.25) is 9.59 Å². The number of nitrogens with one attached hydrogen (secondary N) is 2. The summed E-state index contributed by atoms with van der Waals surface area (Å²) in [5, 5.41) is 6.54. The van der Waals surface area contributed by atoms with Gasteiger partial charge in [-0.2, -0.15) is 0 Å². The molecule has 1 saturated carbocycles. The summed E-state index contributed by atoms with van der Waals surface area (Å²) in [4.78, 5) is 23.8. The molecule has 2 rings (SSSR count). The first kappa shape index (κ1) is 18.2. The number of hydrogen-bond acceptors (Lipinski definition) is 3. The molecule has 5 nitrogen and oxygen atoms in total. The van der Waals surface area contributed by atoms with Gasteiger partial charge in [0.1, 0.15) is 0 Å². The first-order chi connectivity index (χ1) is 11.1. The second kappa shape index (κ2) is 9.26. The Labute approximate surface area is 140 Å². The molecule has 0 spiro atoms. The number of amides is 2. The topological polar surface area (TPSA) is 84.2 Å². The van der Waals surface area contributed by atoms with Crippen LogP contribution in [0.5, 0.6) is 0 Å². The van der Waals surface area contributed by atoms with Crippen LogP contribution in [0.1, 0.15) is 64.7 Å². The molecule has 2 amide bonds. The van der Waals surface area contributed by atoms with Gasteiger partial charge in [-0.05, 0) is 56.5 Å². The number of hydrogen-bond donors (Lipinski definition) is 3. The van der Waals surface area contributed by atoms with Crippen molar-refractivity contribution in [2.24, 2.45) is 23.5 Å². The molecule has 0 radical (unpaired) electrons. The maximum absolute atomic E-state index is 12.4. The number of rotatable bonds is 7. The van der Waals surface area contributed by atoms with Gasteiger partial charge in [-0.25, -0.2) is 0 Å². The Kier molecular flexibility index (Phi) is 7.34. The lowest BCUT2D eigenvalue weighted by molar-refractivity contribution is -0.124. The van der Waals surface area contributed by atoms with Crippen LogP contribution in [0, 0.1) is 17.8 Å². The molecule has 3 unspecified atom stereocenters. The van der Waals surface area contributed by atoms with E-state index in [9.17, 15) is 9.59 Å². The summed E-state index contributed by atoms with van der Waals surface area (Å²) in [6.45, 7) is 4.28. The van der Waals surface area contributed by atoms with E-state index in [1.54, 1.807) is 0 Å². The Balaban J connectivity index is 1.84. The first-order valence-corrected chi connectivity index (χ1v) is 9.34. The molecule has 2 aliphatic rings. The van der Waals surface area contributed by atoms with Crippen LogP contribution in [-0.4, -0.2) is 30.9 Å². The van der Waals surface area contributed by atoms with Crippen LogP contribution >= 0.6 is 0 Å². The lowest BCUT2D eigenvalue weighted by Gasteiger charge is -2.32. The van der Waals surface area contributed by atoms with Gasteiger partial charge in [-0.15, -0.1) is 0 Å². The highest BCUT2D eigenvalue weighted by Crippen LogP contribution is 2.28. The van der Waals surface area contributed by atoms with E-state index in [1.807, 2.05) is 0 Å². The lowest BCUT2D eigenvalue weighted by Crippen LogP contribution is -2.44. The fourth-order valence-electron chi connectivity index (χ4n) is 4.18. The zero-order valence-electron chi connectivity index (χ0n) is 14.5. The summed E-state index contributed by atoms with van der Waals surface area (Å²) in [6, 6.07) is -0.0722. The van der Waals surface area contributed by atoms with Crippen LogP contribution in [-0.2, 0) is 9.59 Å². The van der Waals surface area contributed by atoms with Crippen LogP contribution in [0.2, 0.25) is 0 Å². The second-order valence-electron chi connectivity index (χ2n) is 7.53. The van der Waals surface area contributed by atoms with Crippen molar-refractivity contribution >= 4 is 11.8 Å². The number of carbonyl (C=O) groups is 2. The van der Waals surface area contributed by atoms with Crippen LogP contribution < -0.4 is 16.4 Å². The molecule has 2 fully saturated rings. The van der Waals surface area contributed by atoms with Crippen molar-refractivity contribution in [3.05, 3.63) is 0 Å². The minimum Gasteiger partial charge on any atom is -0.370 e. The van der Waals surface area contributed by atoms with Crippen LogP contribution in [0.3, 0.4) is 0 Å². The van der Waals surface area contributed by atoms with Crippen molar-refractivity contribution in [1.29, 1.82) is 0 Å². The number of nitrogens with two attached hydrogens (primary N) is 1. The fraction of sp³-hybridized carbons (Fsp3) is 0.889. The third-order valence-electron chi connectivity index (χ3n) is 5.63. The zero-order valence-corrected chi connectivity index (χ0v) is 14.5. The molecular formula is C18H33N3O2. The summed E-state index contributed by atoms with van der Waals surface area (Å²) >= 11 is 0. The Morgan fingerprint density at radius 1 is 1.09 bits per heavy atom. The van der Waals surface area contributed by atoms with Crippen molar-refractivity contribution in [3.63, 3.8) is 0 Å². The molecule has 1 aliphatic carbocycles. The van der Waals surface area contributed by atoms with Crippen LogP contribution in [0.15, 0.2) is 0 Å². The molecule has 0 aromatic heterocycles. The van der Waals surface area contributed by atoms with Gasteiger partial charge >= 0.3 is 0 Å². The Bertz CT molecular complexity index is 388. The minimum atomic E-state index is -0.314. The standard InChI is InChI=1S/C18H33N3O2/c1-13(15-8-5-9-20-12-15)10-18(23)21-16(11-17(19)22)14-6-3-2-4-7-14/h13-16,20H,2-12H2,1H3,(H2,19,22)(H,21,23). The van der Waals surface area contributed by atoms with E-state index in [4.69, 9.17) is 5.73 Å². The molecule has 1 saturated heterocycles. The summed E-state index contributed by atoms with van der Waals surface area (Å²) in [5.74, 6) is 1.14. The second-order valence-corrected chi connectivity index (χ2v) is 7.53. The quantitative estimate of drug-likeness (QED) is 0.669. The van der Waals surface area contributed by atoms with Gasteiger partial charge in [0.25, 0.3) is 0 Å². The first-order valence-electron chi connectivity index (χ1n) is 9.34. The fourth-order valence-corrected chi connectivity index (χ4v) is 4.18. The highest BCUT2D eigenvalue weighted by atomic mass is 16.2. The molecule has 1 heterocycles. The highest BCUT2D eigenvalue weighted by molar-refractivity contribution is 5.79. The molecule has 5 heteroatoms. The normalized spacial score (nSPS) is 25.5. The van der Waals surface area contributed by atoms with Crippen LogP contribution in [0.25, 0.3) is 0 Å². The third-order valence-corrected chi connectivity index (χ3v) is 5.63. The summed E-state index contributed by atoms with van der Waals surface area (Å²) in [7, 11) is 0. The number of carbonyl (C=O) groups excluding carboxylic acids is 2. The highest BCUT2D eigenvalue weighted by Gasteiger charge is 2.28. The van der Waals surface area contributed by atoms with Crippen molar-refractivity contribution in [2.45, 2.75) is 70.8 Å². The summed E-state index contributed by atoms with van der Waals surface area (Å²) in [6.07, 6.45) is 9.07. The monoisotopic (exact) mass is 323 g/mol. The van der Waals surface area contributed by atoms with Crippen molar-refractivity contribution < 1.29 is 9.59 Å². The molecule has 132 valence electrons. The van der Waals surface area contributed by atoms with Crippen molar-refractivity contribution in [1.82, 2.24) is 10.6 Å². The van der Waals surface area contributed by atoms with Gasteiger partial charge in [0.05, 0.1) is 0 Å². The molecular weight excluding hydrogens is 290 g/mol. The predicted octanol–water partition coefficient (Wildman–Crippen LogP) is 1.95. The predicted molar refractivity (Wildman–Crippen MR) is 91.7 cm³/mol. The lowest BCUT2D eigenvalue weighted by atomic mass is 9.82. The summed E-state index contributed by atoms with van der Waals surface area (Å²) < 4.78 is 0. The zero-order chi connectivity index (χ0) is 16.7. The van der Waals surface area contributed by atoms with Crippen molar-refractivity contribution in [2.75, 3.05) is 13.1 Å². The average Bonchev–Trinajstić information content (AvgIpc) is 2.55. The van der Waals surface area contributed by atoms with E-state index in [0.717, 1.165) is 25.9 Å². The van der Waals surface area contributed by atoms with E-state index in [0.29, 0.717) is 24.2 Å². The Morgan fingerprint density at radius 2 is 1.78 bits per heavy atom. The minimum absolute atomic E-state index is 0.0722. The smallest absolute Gasteiger partial charge is 0.220 e. The van der Waals surface area contributed by atoms with Gasteiger partial charge < -0.3 is 16.4 Å². The molecule has 0 aromatic carbocycles. The van der Waals surface area contributed by atoms with E-state index >= 15 is 0 Å². The van der Waals surface area contributed by atoms with Gasteiger partial charge in [0.15, 0.2) is 0 Å².